The molecule has 0 saturated carbocycles. The van der Waals surface area contributed by atoms with Gasteiger partial charge in [-0.3, -0.25) is 4.98 Å². The average molecular weight is 271 g/mol. The molecular weight excluding hydrogens is 260 g/mol. The lowest BCUT2D eigenvalue weighted by molar-refractivity contribution is 1.11. The smallest absolute Gasteiger partial charge is 0.180 e. The first-order valence-corrected chi connectivity index (χ1v) is 6.25. The number of pyridine rings is 1. The fourth-order valence-electron chi connectivity index (χ4n) is 1.79. The van der Waals surface area contributed by atoms with Crippen molar-refractivity contribution < 1.29 is 0 Å². The fraction of sp³-hybridized carbons (Fsp3) is 0.0714. The fourth-order valence-corrected chi connectivity index (χ4v) is 2.01. The third-order valence-corrected chi connectivity index (χ3v) is 2.93. The van der Waals surface area contributed by atoms with E-state index in [-0.39, 0.29) is 0 Å². The summed E-state index contributed by atoms with van der Waals surface area (Å²) in [7, 11) is 0. The maximum atomic E-state index is 5.94. The minimum Gasteiger partial charge on any atom is -0.366 e. The Morgan fingerprint density at radius 3 is 2.84 bits per heavy atom. The van der Waals surface area contributed by atoms with Crippen molar-refractivity contribution in [2.75, 3.05) is 5.32 Å². The molecule has 3 aromatic rings. The number of anilines is 1. The van der Waals surface area contributed by atoms with Gasteiger partial charge in [-0.05, 0) is 29.8 Å². The van der Waals surface area contributed by atoms with E-state index in [1.54, 1.807) is 12.4 Å². The molecule has 19 heavy (non-hydrogen) atoms. The van der Waals surface area contributed by atoms with E-state index in [0.717, 1.165) is 21.9 Å². The largest absolute Gasteiger partial charge is 0.366 e. The molecule has 1 N–H and O–H groups in total. The van der Waals surface area contributed by atoms with Gasteiger partial charge in [-0.15, -0.1) is 0 Å². The van der Waals surface area contributed by atoms with Gasteiger partial charge in [0.1, 0.15) is 11.3 Å². The Hall–Kier alpha value is -2.20. The average Bonchev–Trinajstić information content (AvgIpc) is 2.45. The SMILES string of the molecule is Clc1cccc(CNc2ccc3nccnc3n2)c1. The first-order valence-electron chi connectivity index (χ1n) is 5.87. The number of fused-ring (bicyclic) bond motifs is 1. The van der Waals surface area contributed by atoms with Gasteiger partial charge in [0.2, 0.25) is 0 Å². The normalized spacial score (nSPS) is 10.6. The highest BCUT2D eigenvalue weighted by atomic mass is 35.5. The van der Waals surface area contributed by atoms with Crippen molar-refractivity contribution >= 4 is 28.6 Å². The summed E-state index contributed by atoms with van der Waals surface area (Å²) in [5.41, 5.74) is 2.53. The molecule has 0 spiro atoms. The standard InChI is InChI=1S/C14H11ClN4/c15-11-3-1-2-10(8-11)9-18-13-5-4-12-14(19-13)17-7-6-16-12/h1-8H,9H2,(H,17,18,19). The Morgan fingerprint density at radius 1 is 1.05 bits per heavy atom. The van der Waals surface area contributed by atoms with Gasteiger partial charge in [0.25, 0.3) is 0 Å². The highest BCUT2D eigenvalue weighted by molar-refractivity contribution is 6.30. The summed E-state index contributed by atoms with van der Waals surface area (Å²) in [6, 6.07) is 11.5. The maximum Gasteiger partial charge on any atom is 0.180 e. The summed E-state index contributed by atoms with van der Waals surface area (Å²) in [5.74, 6) is 0.771. The molecule has 5 heteroatoms. The second-order valence-electron chi connectivity index (χ2n) is 4.08. The number of nitrogens with zero attached hydrogens (tertiary/aromatic N) is 3. The zero-order valence-electron chi connectivity index (χ0n) is 10.0. The molecule has 0 saturated heterocycles. The Bertz CT molecular complexity index is 714. The highest BCUT2D eigenvalue weighted by Gasteiger charge is 2.00. The number of halogens is 1. The third kappa shape index (κ3) is 2.80. The summed E-state index contributed by atoms with van der Waals surface area (Å²) in [4.78, 5) is 12.8. The predicted molar refractivity (Wildman–Crippen MR) is 76.1 cm³/mol. The molecule has 0 aliphatic carbocycles. The van der Waals surface area contributed by atoms with Crippen molar-refractivity contribution in [3.8, 4) is 0 Å². The second kappa shape index (κ2) is 5.20. The van der Waals surface area contributed by atoms with Gasteiger partial charge in [0, 0.05) is 24.0 Å². The number of rotatable bonds is 3. The number of benzene rings is 1. The van der Waals surface area contributed by atoms with Crippen LogP contribution in [0, 0.1) is 0 Å². The van der Waals surface area contributed by atoms with Gasteiger partial charge >= 0.3 is 0 Å². The maximum absolute atomic E-state index is 5.94. The van der Waals surface area contributed by atoms with Crippen LogP contribution in [-0.2, 0) is 6.54 Å². The minimum absolute atomic E-state index is 0.638. The van der Waals surface area contributed by atoms with Crippen molar-refractivity contribution in [3.05, 3.63) is 59.4 Å². The lowest BCUT2D eigenvalue weighted by atomic mass is 10.2. The molecule has 0 aliphatic rings. The van der Waals surface area contributed by atoms with E-state index in [9.17, 15) is 0 Å². The van der Waals surface area contributed by atoms with E-state index >= 15 is 0 Å². The van der Waals surface area contributed by atoms with E-state index in [2.05, 4.69) is 20.3 Å². The Balaban J connectivity index is 1.78. The summed E-state index contributed by atoms with van der Waals surface area (Å²) < 4.78 is 0. The molecule has 0 bridgehead atoms. The van der Waals surface area contributed by atoms with Crippen molar-refractivity contribution in [1.82, 2.24) is 15.0 Å². The van der Waals surface area contributed by atoms with E-state index < -0.39 is 0 Å². The molecular formula is C14H11ClN4. The first-order chi connectivity index (χ1) is 9.31. The molecule has 2 heterocycles. The number of aromatic nitrogens is 3. The van der Waals surface area contributed by atoms with Crippen LogP contribution in [0.1, 0.15) is 5.56 Å². The van der Waals surface area contributed by atoms with Crippen LogP contribution in [0.2, 0.25) is 5.02 Å². The van der Waals surface area contributed by atoms with Crippen LogP contribution in [0.15, 0.2) is 48.8 Å². The van der Waals surface area contributed by atoms with Crippen LogP contribution in [-0.4, -0.2) is 15.0 Å². The summed E-state index contributed by atoms with van der Waals surface area (Å²) in [6.45, 7) is 0.666. The van der Waals surface area contributed by atoms with Crippen molar-refractivity contribution in [2.24, 2.45) is 0 Å². The minimum atomic E-state index is 0.638. The van der Waals surface area contributed by atoms with E-state index in [1.165, 1.54) is 0 Å². The molecule has 0 unspecified atom stereocenters. The lowest BCUT2D eigenvalue weighted by Crippen LogP contribution is -2.01. The van der Waals surface area contributed by atoms with Crippen LogP contribution >= 0.6 is 11.6 Å². The number of nitrogens with one attached hydrogen (secondary N) is 1. The van der Waals surface area contributed by atoms with Crippen LogP contribution in [0.5, 0.6) is 0 Å². The summed E-state index contributed by atoms with van der Waals surface area (Å²) >= 11 is 5.94. The molecule has 2 aromatic heterocycles. The lowest BCUT2D eigenvalue weighted by Gasteiger charge is -2.06. The van der Waals surface area contributed by atoms with Crippen LogP contribution in [0.3, 0.4) is 0 Å². The summed E-state index contributed by atoms with van der Waals surface area (Å²) in [6.07, 6.45) is 3.29. The van der Waals surface area contributed by atoms with E-state index in [1.807, 2.05) is 36.4 Å². The molecule has 0 atom stereocenters. The second-order valence-corrected chi connectivity index (χ2v) is 4.52. The van der Waals surface area contributed by atoms with Gasteiger partial charge in [-0.1, -0.05) is 23.7 Å². The van der Waals surface area contributed by atoms with Gasteiger partial charge < -0.3 is 5.32 Å². The van der Waals surface area contributed by atoms with Gasteiger partial charge in [0.05, 0.1) is 0 Å². The molecule has 0 radical (unpaired) electrons. The first kappa shape index (κ1) is 11.9. The number of hydrogen-bond acceptors (Lipinski definition) is 4. The van der Waals surface area contributed by atoms with Crippen LogP contribution in [0.25, 0.3) is 11.2 Å². The van der Waals surface area contributed by atoms with E-state index in [0.29, 0.717) is 12.2 Å². The molecule has 0 fully saturated rings. The van der Waals surface area contributed by atoms with Crippen LogP contribution in [0.4, 0.5) is 5.82 Å². The van der Waals surface area contributed by atoms with Crippen molar-refractivity contribution in [2.45, 2.75) is 6.54 Å². The van der Waals surface area contributed by atoms with E-state index in [4.69, 9.17) is 11.6 Å². The molecule has 0 amide bonds. The molecule has 4 nitrogen and oxygen atoms in total. The summed E-state index contributed by atoms with van der Waals surface area (Å²) in [5, 5.41) is 3.98. The van der Waals surface area contributed by atoms with Crippen molar-refractivity contribution in [3.63, 3.8) is 0 Å². The zero-order valence-corrected chi connectivity index (χ0v) is 10.8. The molecule has 0 aliphatic heterocycles. The Morgan fingerprint density at radius 2 is 1.95 bits per heavy atom. The van der Waals surface area contributed by atoms with Crippen LogP contribution < -0.4 is 5.32 Å². The van der Waals surface area contributed by atoms with Gasteiger partial charge in [0.15, 0.2) is 5.65 Å². The zero-order chi connectivity index (χ0) is 13.1. The number of hydrogen-bond donors (Lipinski definition) is 1. The van der Waals surface area contributed by atoms with Gasteiger partial charge in [-0.2, -0.15) is 0 Å². The molecule has 1 aromatic carbocycles. The Kier molecular flexibility index (Phi) is 3.25. The molecule has 94 valence electrons. The monoisotopic (exact) mass is 270 g/mol. The third-order valence-electron chi connectivity index (χ3n) is 2.69. The van der Waals surface area contributed by atoms with Crippen molar-refractivity contribution in [1.29, 1.82) is 0 Å². The quantitative estimate of drug-likeness (QED) is 0.793. The molecule has 3 rings (SSSR count). The highest BCUT2D eigenvalue weighted by Crippen LogP contribution is 2.14. The topological polar surface area (TPSA) is 50.7 Å². The predicted octanol–water partition coefficient (Wildman–Crippen LogP) is 3.29. The van der Waals surface area contributed by atoms with Gasteiger partial charge in [-0.25, -0.2) is 9.97 Å². The Labute approximate surface area is 115 Å².